The molecule has 0 aliphatic carbocycles. The Morgan fingerprint density at radius 2 is 2.25 bits per heavy atom. The normalized spacial score (nSPS) is 14.8. The zero-order valence-electron chi connectivity index (χ0n) is 8.86. The van der Waals surface area contributed by atoms with E-state index in [9.17, 15) is 0 Å². The van der Waals surface area contributed by atoms with E-state index in [2.05, 4.69) is 28.4 Å². The number of ether oxygens (including phenoxy) is 1. The molecule has 0 atom stereocenters. The number of nitrogens with zero attached hydrogens (tertiary/aromatic N) is 1. The Kier molecular flexibility index (Phi) is 2.15. The standard InChI is InChI=1S/C12H13N3O/c13-12-11(6-14-15-12)9-1-2-10-7-16-4-3-8(10)5-9/h1-2,5-6H,3-4,7H2,(H3,13,14,15). The molecule has 1 aliphatic heterocycles. The Hall–Kier alpha value is -1.81. The number of hydrogen-bond acceptors (Lipinski definition) is 3. The summed E-state index contributed by atoms with van der Waals surface area (Å²) < 4.78 is 5.41. The predicted molar refractivity (Wildman–Crippen MR) is 61.8 cm³/mol. The molecule has 0 saturated carbocycles. The number of rotatable bonds is 1. The second-order valence-electron chi connectivity index (χ2n) is 3.98. The van der Waals surface area contributed by atoms with Gasteiger partial charge >= 0.3 is 0 Å². The molecule has 3 rings (SSSR count). The summed E-state index contributed by atoms with van der Waals surface area (Å²) in [5.74, 6) is 0.618. The number of H-pyrrole nitrogens is 1. The van der Waals surface area contributed by atoms with Gasteiger partial charge in [0, 0.05) is 5.56 Å². The van der Waals surface area contributed by atoms with Gasteiger partial charge in [-0.3, -0.25) is 5.10 Å². The number of aromatic nitrogens is 2. The van der Waals surface area contributed by atoms with Gasteiger partial charge in [0.15, 0.2) is 0 Å². The van der Waals surface area contributed by atoms with Crippen molar-refractivity contribution in [2.24, 2.45) is 0 Å². The van der Waals surface area contributed by atoms with E-state index < -0.39 is 0 Å². The largest absolute Gasteiger partial charge is 0.384 e. The molecule has 16 heavy (non-hydrogen) atoms. The molecule has 3 N–H and O–H groups in total. The Morgan fingerprint density at radius 1 is 1.31 bits per heavy atom. The summed E-state index contributed by atoms with van der Waals surface area (Å²) in [6, 6.07) is 6.35. The maximum Gasteiger partial charge on any atom is 0.126 e. The highest BCUT2D eigenvalue weighted by Gasteiger charge is 2.12. The molecule has 1 aromatic heterocycles. The van der Waals surface area contributed by atoms with Crippen molar-refractivity contribution in [2.75, 3.05) is 12.3 Å². The third-order valence-corrected chi connectivity index (χ3v) is 2.96. The van der Waals surface area contributed by atoms with Crippen LogP contribution in [0.2, 0.25) is 0 Å². The van der Waals surface area contributed by atoms with Gasteiger partial charge in [-0.15, -0.1) is 0 Å². The Morgan fingerprint density at radius 3 is 3.06 bits per heavy atom. The van der Waals surface area contributed by atoms with Crippen molar-refractivity contribution in [2.45, 2.75) is 13.0 Å². The number of nitrogens with one attached hydrogen (secondary N) is 1. The fourth-order valence-electron chi connectivity index (χ4n) is 2.06. The highest BCUT2D eigenvalue weighted by atomic mass is 16.5. The number of aromatic amines is 1. The van der Waals surface area contributed by atoms with Crippen LogP contribution in [0.4, 0.5) is 5.82 Å². The van der Waals surface area contributed by atoms with Crippen molar-refractivity contribution >= 4 is 5.82 Å². The fourth-order valence-corrected chi connectivity index (χ4v) is 2.06. The molecule has 4 nitrogen and oxygen atoms in total. The lowest BCUT2D eigenvalue weighted by Gasteiger charge is -2.17. The van der Waals surface area contributed by atoms with E-state index in [4.69, 9.17) is 10.5 Å². The lowest BCUT2D eigenvalue weighted by Crippen LogP contribution is -2.09. The zero-order chi connectivity index (χ0) is 11.0. The summed E-state index contributed by atoms with van der Waals surface area (Å²) >= 11 is 0. The van der Waals surface area contributed by atoms with Gasteiger partial charge < -0.3 is 10.5 Å². The molecule has 0 radical (unpaired) electrons. The van der Waals surface area contributed by atoms with E-state index in [-0.39, 0.29) is 0 Å². The fraction of sp³-hybridized carbons (Fsp3) is 0.250. The Labute approximate surface area is 93.4 Å². The summed E-state index contributed by atoms with van der Waals surface area (Å²) in [7, 11) is 0. The molecule has 1 aromatic carbocycles. The van der Waals surface area contributed by atoms with Gasteiger partial charge in [-0.05, 0) is 23.1 Å². The summed E-state index contributed by atoms with van der Waals surface area (Å²) in [5, 5.41) is 6.69. The predicted octanol–water partition coefficient (Wildman–Crippen LogP) is 1.73. The smallest absolute Gasteiger partial charge is 0.126 e. The molecule has 0 saturated heterocycles. The minimum absolute atomic E-state index is 0.618. The second-order valence-corrected chi connectivity index (χ2v) is 3.98. The van der Waals surface area contributed by atoms with E-state index in [0.29, 0.717) is 5.82 Å². The first kappa shape index (κ1) is 9.42. The SMILES string of the molecule is Nc1[nH]ncc1-c1ccc2c(c1)CCOC2. The van der Waals surface area contributed by atoms with Crippen molar-refractivity contribution in [3.05, 3.63) is 35.5 Å². The highest BCUT2D eigenvalue weighted by molar-refractivity contribution is 5.73. The summed E-state index contributed by atoms with van der Waals surface area (Å²) in [4.78, 5) is 0. The zero-order valence-corrected chi connectivity index (χ0v) is 8.86. The average molecular weight is 215 g/mol. The molecular weight excluding hydrogens is 202 g/mol. The maximum atomic E-state index is 5.81. The minimum Gasteiger partial charge on any atom is -0.384 e. The monoisotopic (exact) mass is 215 g/mol. The van der Waals surface area contributed by atoms with Crippen molar-refractivity contribution < 1.29 is 4.74 Å². The number of nitrogen functional groups attached to an aromatic ring is 1. The van der Waals surface area contributed by atoms with Gasteiger partial charge in [0.05, 0.1) is 19.4 Å². The van der Waals surface area contributed by atoms with Crippen LogP contribution in [0.3, 0.4) is 0 Å². The number of nitrogens with two attached hydrogens (primary N) is 1. The van der Waals surface area contributed by atoms with Crippen LogP contribution in [0.25, 0.3) is 11.1 Å². The lowest BCUT2D eigenvalue weighted by molar-refractivity contribution is 0.111. The van der Waals surface area contributed by atoms with Crippen LogP contribution >= 0.6 is 0 Å². The second kappa shape index (κ2) is 3.64. The Bertz CT molecular complexity index is 519. The molecule has 82 valence electrons. The van der Waals surface area contributed by atoms with Crippen molar-refractivity contribution in [1.29, 1.82) is 0 Å². The molecular formula is C12H13N3O. The van der Waals surface area contributed by atoms with Crippen LogP contribution in [-0.2, 0) is 17.8 Å². The van der Waals surface area contributed by atoms with Gasteiger partial charge in [-0.2, -0.15) is 5.10 Å². The molecule has 0 unspecified atom stereocenters. The number of hydrogen-bond donors (Lipinski definition) is 2. The minimum atomic E-state index is 0.618. The van der Waals surface area contributed by atoms with E-state index in [1.165, 1.54) is 11.1 Å². The molecule has 0 fully saturated rings. The van der Waals surface area contributed by atoms with Gasteiger partial charge in [-0.25, -0.2) is 0 Å². The molecule has 0 bridgehead atoms. The first-order valence-electron chi connectivity index (χ1n) is 5.33. The van der Waals surface area contributed by atoms with Crippen LogP contribution in [-0.4, -0.2) is 16.8 Å². The lowest BCUT2D eigenvalue weighted by atomic mass is 9.98. The topological polar surface area (TPSA) is 63.9 Å². The van der Waals surface area contributed by atoms with Crippen molar-refractivity contribution in [3.63, 3.8) is 0 Å². The highest BCUT2D eigenvalue weighted by Crippen LogP contribution is 2.27. The first-order valence-corrected chi connectivity index (χ1v) is 5.33. The van der Waals surface area contributed by atoms with Gasteiger partial charge in [0.2, 0.25) is 0 Å². The number of benzene rings is 1. The maximum absolute atomic E-state index is 5.81. The van der Waals surface area contributed by atoms with Crippen LogP contribution in [0.15, 0.2) is 24.4 Å². The van der Waals surface area contributed by atoms with Crippen LogP contribution in [0.5, 0.6) is 0 Å². The Balaban J connectivity index is 2.06. The van der Waals surface area contributed by atoms with Gasteiger partial charge in [0.25, 0.3) is 0 Å². The summed E-state index contributed by atoms with van der Waals surface area (Å²) in [5.41, 5.74) is 10.5. The van der Waals surface area contributed by atoms with Gasteiger partial charge in [0.1, 0.15) is 5.82 Å². The van der Waals surface area contributed by atoms with Crippen molar-refractivity contribution in [3.8, 4) is 11.1 Å². The third kappa shape index (κ3) is 1.47. The molecule has 0 amide bonds. The van der Waals surface area contributed by atoms with Gasteiger partial charge in [-0.1, -0.05) is 18.2 Å². The molecule has 1 aliphatic rings. The quantitative estimate of drug-likeness (QED) is 0.761. The summed E-state index contributed by atoms with van der Waals surface area (Å²) in [6.45, 7) is 1.52. The number of fused-ring (bicyclic) bond motifs is 1. The third-order valence-electron chi connectivity index (χ3n) is 2.96. The average Bonchev–Trinajstić information content (AvgIpc) is 2.75. The molecule has 4 heteroatoms. The molecule has 2 heterocycles. The van der Waals surface area contributed by atoms with E-state index >= 15 is 0 Å². The molecule has 2 aromatic rings. The first-order chi connectivity index (χ1) is 7.84. The summed E-state index contributed by atoms with van der Waals surface area (Å²) in [6.07, 6.45) is 2.73. The van der Waals surface area contributed by atoms with Crippen LogP contribution < -0.4 is 5.73 Å². The van der Waals surface area contributed by atoms with Crippen molar-refractivity contribution in [1.82, 2.24) is 10.2 Å². The molecule has 0 spiro atoms. The van der Waals surface area contributed by atoms with Crippen LogP contribution in [0, 0.1) is 0 Å². The number of anilines is 1. The van der Waals surface area contributed by atoms with Crippen LogP contribution in [0.1, 0.15) is 11.1 Å². The van der Waals surface area contributed by atoms with E-state index in [1.807, 2.05) is 0 Å². The van der Waals surface area contributed by atoms with E-state index in [0.717, 1.165) is 30.8 Å². The van der Waals surface area contributed by atoms with E-state index in [1.54, 1.807) is 6.20 Å².